The second-order valence-electron chi connectivity index (χ2n) is 8.61. The van der Waals surface area contributed by atoms with Gasteiger partial charge in [0.1, 0.15) is 17.2 Å². The molecule has 5 nitrogen and oxygen atoms in total. The molecule has 0 heterocycles. The minimum Gasteiger partial charge on any atom is -0.508 e. The molecule has 0 bridgehead atoms. The number of phenols is 3. The molecule has 0 unspecified atom stereocenters. The van der Waals surface area contributed by atoms with Crippen LogP contribution in [0.2, 0.25) is 0 Å². The van der Waals surface area contributed by atoms with Crippen molar-refractivity contribution >= 4 is 17.1 Å². The maximum atomic E-state index is 10.2. The van der Waals surface area contributed by atoms with Gasteiger partial charge in [-0.3, -0.25) is 0 Å². The van der Waals surface area contributed by atoms with E-state index in [2.05, 4.69) is 4.90 Å². The third-order valence-corrected chi connectivity index (χ3v) is 6.38. The molecule has 0 aliphatic rings. The Morgan fingerprint density at radius 1 is 0.559 bits per heavy atom. The standard InChI is InChI=1S/C29H29NO4/c1-17-6-13-28(33)29(16-17)34-23-9-7-22(8-10-23)30(24-11-14-26(31)20(4)18(24)2)25-12-15-27(32)21(5)19(25)3/h6-16,31-33H,1-5H3. The minimum atomic E-state index is 0.0849. The van der Waals surface area contributed by atoms with E-state index in [4.69, 9.17) is 4.74 Å². The van der Waals surface area contributed by atoms with Gasteiger partial charge in [0.2, 0.25) is 0 Å². The highest BCUT2D eigenvalue weighted by atomic mass is 16.5. The van der Waals surface area contributed by atoms with E-state index < -0.39 is 0 Å². The summed E-state index contributed by atoms with van der Waals surface area (Å²) in [6.45, 7) is 9.70. The molecule has 4 rings (SSSR count). The third kappa shape index (κ3) is 4.25. The number of aromatic hydroxyl groups is 3. The summed E-state index contributed by atoms with van der Waals surface area (Å²) >= 11 is 0. The Bertz CT molecular complexity index is 1300. The highest BCUT2D eigenvalue weighted by molar-refractivity contribution is 5.82. The molecule has 4 aromatic carbocycles. The Hall–Kier alpha value is -4.12. The molecule has 0 aromatic heterocycles. The van der Waals surface area contributed by atoms with Crippen LogP contribution in [0.5, 0.6) is 28.7 Å². The zero-order chi connectivity index (χ0) is 24.6. The molecule has 0 saturated heterocycles. The fourth-order valence-electron chi connectivity index (χ4n) is 3.97. The lowest BCUT2D eigenvalue weighted by Gasteiger charge is -2.30. The van der Waals surface area contributed by atoms with Gasteiger partial charge in [0.15, 0.2) is 11.5 Å². The first-order valence-corrected chi connectivity index (χ1v) is 11.1. The van der Waals surface area contributed by atoms with Gasteiger partial charge >= 0.3 is 0 Å². The molecule has 0 radical (unpaired) electrons. The van der Waals surface area contributed by atoms with Gasteiger partial charge in [-0.15, -0.1) is 0 Å². The topological polar surface area (TPSA) is 73.2 Å². The monoisotopic (exact) mass is 455 g/mol. The van der Waals surface area contributed by atoms with E-state index in [1.807, 2.05) is 77.1 Å². The fourth-order valence-corrected chi connectivity index (χ4v) is 3.97. The molecule has 0 spiro atoms. The smallest absolute Gasteiger partial charge is 0.169 e. The molecule has 174 valence electrons. The molecule has 34 heavy (non-hydrogen) atoms. The van der Waals surface area contributed by atoms with E-state index in [0.717, 1.165) is 44.9 Å². The molecule has 0 aliphatic heterocycles. The molecule has 4 aromatic rings. The zero-order valence-corrected chi connectivity index (χ0v) is 20.0. The van der Waals surface area contributed by atoms with Crippen molar-refractivity contribution in [3.8, 4) is 28.7 Å². The van der Waals surface area contributed by atoms with Crippen molar-refractivity contribution in [3.63, 3.8) is 0 Å². The molecule has 0 atom stereocenters. The van der Waals surface area contributed by atoms with E-state index in [0.29, 0.717) is 11.5 Å². The Morgan fingerprint density at radius 2 is 1.06 bits per heavy atom. The predicted octanol–water partition coefficient (Wildman–Crippen LogP) is 7.61. The number of anilines is 3. The van der Waals surface area contributed by atoms with Crippen LogP contribution >= 0.6 is 0 Å². The molecule has 0 aliphatic carbocycles. The molecule has 3 N–H and O–H groups in total. The highest BCUT2D eigenvalue weighted by Gasteiger charge is 2.20. The van der Waals surface area contributed by atoms with Crippen LogP contribution in [0.25, 0.3) is 0 Å². The van der Waals surface area contributed by atoms with E-state index in [9.17, 15) is 15.3 Å². The average Bonchev–Trinajstić information content (AvgIpc) is 2.82. The predicted molar refractivity (Wildman–Crippen MR) is 136 cm³/mol. The summed E-state index contributed by atoms with van der Waals surface area (Å²) in [5.74, 6) is 1.59. The van der Waals surface area contributed by atoms with Crippen LogP contribution in [0.3, 0.4) is 0 Å². The van der Waals surface area contributed by atoms with E-state index in [1.165, 1.54) is 0 Å². The van der Waals surface area contributed by atoms with Crippen LogP contribution < -0.4 is 9.64 Å². The number of phenolic OH excluding ortho intramolecular Hbond substituents is 3. The summed E-state index contributed by atoms with van der Waals surface area (Å²) < 4.78 is 5.92. The number of aryl methyl sites for hydroxylation is 1. The molecule has 0 amide bonds. The summed E-state index contributed by atoms with van der Waals surface area (Å²) in [6, 6.07) is 20.0. The van der Waals surface area contributed by atoms with Crippen molar-refractivity contribution in [1.29, 1.82) is 0 Å². The van der Waals surface area contributed by atoms with Gasteiger partial charge in [-0.25, -0.2) is 0 Å². The number of hydrogen-bond donors (Lipinski definition) is 3. The van der Waals surface area contributed by atoms with Gasteiger partial charge < -0.3 is 25.0 Å². The molecule has 0 saturated carbocycles. The van der Waals surface area contributed by atoms with Gasteiger partial charge in [0.25, 0.3) is 0 Å². The third-order valence-electron chi connectivity index (χ3n) is 6.38. The van der Waals surface area contributed by atoms with Crippen molar-refractivity contribution in [3.05, 3.63) is 94.5 Å². The maximum Gasteiger partial charge on any atom is 0.169 e. The van der Waals surface area contributed by atoms with E-state index in [1.54, 1.807) is 24.3 Å². The van der Waals surface area contributed by atoms with Gasteiger partial charge in [-0.1, -0.05) is 6.07 Å². The summed E-state index contributed by atoms with van der Waals surface area (Å²) in [7, 11) is 0. The Labute approximate surface area is 200 Å². The van der Waals surface area contributed by atoms with Gasteiger partial charge in [-0.2, -0.15) is 0 Å². The van der Waals surface area contributed by atoms with Gasteiger partial charge in [0, 0.05) is 17.1 Å². The molecule has 0 fully saturated rings. The normalized spacial score (nSPS) is 10.9. The average molecular weight is 456 g/mol. The van der Waals surface area contributed by atoms with Crippen molar-refractivity contribution in [2.24, 2.45) is 0 Å². The number of hydrogen-bond acceptors (Lipinski definition) is 5. The van der Waals surface area contributed by atoms with Crippen molar-refractivity contribution < 1.29 is 20.1 Å². The summed E-state index contributed by atoms with van der Waals surface area (Å²) in [5.41, 5.74) is 7.26. The van der Waals surface area contributed by atoms with Crippen molar-refractivity contribution in [2.45, 2.75) is 34.6 Å². The van der Waals surface area contributed by atoms with Crippen LogP contribution in [-0.4, -0.2) is 15.3 Å². The van der Waals surface area contributed by atoms with Crippen LogP contribution in [0, 0.1) is 34.6 Å². The first-order chi connectivity index (χ1) is 16.2. The lowest BCUT2D eigenvalue weighted by molar-refractivity contribution is 0.411. The quantitative estimate of drug-likeness (QED) is 0.289. The fraction of sp³-hybridized carbons (Fsp3) is 0.172. The Balaban J connectivity index is 1.81. The van der Waals surface area contributed by atoms with Crippen molar-refractivity contribution in [1.82, 2.24) is 0 Å². The second kappa shape index (κ2) is 9.02. The summed E-state index contributed by atoms with van der Waals surface area (Å²) in [5, 5.41) is 30.5. The SMILES string of the molecule is Cc1ccc(O)c(Oc2ccc(N(c3ccc(O)c(C)c3C)c3ccc(O)c(C)c3C)cc2)c1. The lowest BCUT2D eigenvalue weighted by Crippen LogP contribution is -2.13. The van der Waals surface area contributed by atoms with Crippen LogP contribution in [0.15, 0.2) is 66.7 Å². The van der Waals surface area contributed by atoms with Crippen LogP contribution in [0.4, 0.5) is 17.1 Å². The number of nitrogens with zero attached hydrogens (tertiary/aromatic N) is 1. The number of ether oxygens (including phenoxy) is 1. The van der Waals surface area contributed by atoms with Gasteiger partial charge in [-0.05, 0) is 123 Å². The van der Waals surface area contributed by atoms with Crippen molar-refractivity contribution in [2.75, 3.05) is 4.90 Å². The second-order valence-corrected chi connectivity index (χ2v) is 8.61. The Morgan fingerprint density at radius 3 is 1.59 bits per heavy atom. The van der Waals surface area contributed by atoms with E-state index in [-0.39, 0.29) is 17.2 Å². The van der Waals surface area contributed by atoms with Gasteiger partial charge in [0.05, 0.1) is 0 Å². The summed E-state index contributed by atoms with van der Waals surface area (Å²) in [4.78, 5) is 2.11. The van der Waals surface area contributed by atoms with Crippen LogP contribution in [0.1, 0.15) is 27.8 Å². The minimum absolute atomic E-state index is 0.0849. The maximum absolute atomic E-state index is 10.2. The lowest BCUT2D eigenvalue weighted by atomic mass is 10.0. The van der Waals surface area contributed by atoms with E-state index >= 15 is 0 Å². The first kappa shape index (κ1) is 23.1. The molecular weight excluding hydrogens is 426 g/mol. The zero-order valence-electron chi connectivity index (χ0n) is 20.0. The number of benzene rings is 4. The first-order valence-electron chi connectivity index (χ1n) is 11.1. The number of rotatable bonds is 5. The summed E-state index contributed by atoms with van der Waals surface area (Å²) in [6.07, 6.45) is 0. The highest BCUT2D eigenvalue weighted by Crippen LogP contribution is 2.43. The Kier molecular flexibility index (Phi) is 6.12. The molecule has 5 heteroatoms. The largest absolute Gasteiger partial charge is 0.508 e. The molecular formula is C29H29NO4. The van der Waals surface area contributed by atoms with Crippen LogP contribution in [-0.2, 0) is 0 Å².